The summed E-state index contributed by atoms with van der Waals surface area (Å²) >= 11 is 3.39. The smallest absolute Gasteiger partial charge is 0.0410 e. The predicted molar refractivity (Wildman–Crippen MR) is 58.5 cm³/mol. The Balaban J connectivity index is 2.55. The van der Waals surface area contributed by atoms with E-state index in [-0.39, 0.29) is 5.54 Å². The summed E-state index contributed by atoms with van der Waals surface area (Å²) in [5.41, 5.74) is 7.02. The second-order valence-corrected chi connectivity index (χ2v) is 4.92. The molecular formula is C10H15BrN2. The lowest BCUT2D eigenvalue weighted by Crippen LogP contribution is -2.32. The number of rotatable bonds is 3. The average Bonchev–Trinajstić information content (AvgIpc) is 2.00. The van der Waals surface area contributed by atoms with Crippen LogP contribution in [0.1, 0.15) is 25.8 Å². The van der Waals surface area contributed by atoms with E-state index in [1.807, 2.05) is 20.0 Å². The van der Waals surface area contributed by atoms with E-state index in [2.05, 4.69) is 27.0 Å². The summed E-state index contributed by atoms with van der Waals surface area (Å²) in [5, 5.41) is 0. The van der Waals surface area contributed by atoms with Crippen molar-refractivity contribution in [1.82, 2.24) is 4.98 Å². The van der Waals surface area contributed by atoms with Gasteiger partial charge >= 0.3 is 0 Å². The molecule has 0 bridgehead atoms. The summed E-state index contributed by atoms with van der Waals surface area (Å²) in [6, 6.07) is 2.08. The van der Waals surface area contributed by atoms with Crippen molar-refractivity contribution in [1.29, 1.82) is 0 Å². The topological polar surface area (TPSA) is 38.9 Å². The monoisotopic (exact) mass is 242 g/mol. The van der Waals surface area contributed by atoms with Gasteiger partial charge in [-0.05, 0) is 54.2 Å². The van der Waals surface area contributed by atoms with Gasteiger partial charge in [-0.3, -0.25) is 4.98 Å². The maximum absolute atomic E-state index is 5.89. The van der Waals surface area contributed by atoms with Crippen molar-refractivity contribution >= 4 is 15.9 Å². The van der Waals surface area contributed by atoms with E-state index in [4.69, 9.17) is 5.73 Å². The third-order valence-electron chi connectivity index (χ3n) is 1.82. The Morgan fingerprint density at radius 2 is 2.15 bits per heavy atom. The molecule has 72 valence electrons. The van der Waals surface area contributed by atoms with E-state index in [1.54, 1.807) is 6.20 Å². The lowest BCUT2D eigenvalue weighted by Gasteiger charge is -2.17. The molecule has 0 amide bonds. The Kier molecular flexibility index (Phi) is 3.45. The van der Waals surface area contributed by atoms with Crippen LogP contribution in [0.25, 0.3) is 0 Å². The molecule has 3 heteroatoms. The SMILES string of the molecule is CC(C)(N)CCc1cncc(Br)c1. The van der Waals surface area contributed by atoms with Gasteiger partial charge < -0.3 is 5.73 Å². The number of pyridine rings is 1. The van der Waals surface area contributed by atoms with Crippen LogP contribution in [0.4, 0.5) is 0 Å². The molecule has 0 radical (unpaired) electrons. The van der Waals surface area contributed by atoms with Gasteiger partial charge in [0.25, 0.3) is 0 Å². The molecule has 0 aromatic carbocycles. The van der Waals surface area contributed by atoms with Crippen LogP contribution in [0.3, 0.4) is 0 Å². The van der Waals surface area contributed by atoms with Crippen molar-refractivity contribution in [2.45, 2.75) is 32.2 Å². The molecule has 1 aromatic heterocycles. The fourth-order valence-corrected chi connectivity index (χ4v) is 1.47. The molecule has 13 heavy (non-hydrogen) atoms. The molecule has 0 aliphatic carbocycles. The first-order valence-corrected chi connectivity index (χ1v) is 5.15. The molecule has 0 saturated heterocycles. The summed E-state index contributed by atoms with van der Waals surface area (Å²) in [4.78, 5) is 4.10. The van der Waals surface area contributed by atoms with Crippen LogP contribution in [0.15, 0.2) is 22.9 Å². The zero-order valence-electron chi connectivity index (χ0n) is 8.05. The molecule has 0 spiro atoms. The normalized spacial score (nSPS) is 11.7. The molecule has 1 rings (SSSR count). The van der Waals surface area contributed by atoms with Crippen LogP contribution in [0.2, 0.25) is 0 Å². The second-order valence-electron chi connectivity index (χ2n) is 4.00. The molecule has 0 aliphatic heterocycles. The van der Waals surface area contributed by atoms with Gasteiger partial charge in [-0.1, -0.05) is 0 Å². The van der Waals surface area contributed by atoms with Gasteiger partial charge in [0, 0.05) is 22.4 Å². The van der Waals surface area contributed by atoms with Crippen LogP contribution in [0.5, 0.6) is 0 Å². The Bertz CT molecular complexity index is 278. The zero-order valence-corrected chi connectivity index (χ0v) is 9.63. The fraction of sp³-hybridized carbons (Fsp3) is 0.500. The number of aryl methyl sites for hydroxylation is 1. The van der Waals surface area contributed by atoms with Crippen molar-refractivity contribution in [3.8, 4) is 0 Å². The number of nitrogens with two attached hydrogens (primary N) is 1. The highest BCUT2D eigenvalue weighted by atomic mass is 79.9. The minimum Gasteiger partial charge on any atom is -0.326 e. The minimum absolute atomic E-state index is 0.0949. The van der Waals surface area contributed by atoms with E-state index in [9.17, 15) is 0 Å². The first-order valence-electron chi connectivity index (χ1n) is 4.36. The summed E-state index contributed by atoms with van der Waals surface area (Å²) in [6.07, 6.45) is 5.63. The average molecular weight is 243 g/mol. The molecule has 1 aromatic rings. The second kappa shape index (κ2) is 4.20. The van der Waals surface area contributed by atoms with Crippen LogP contribution in [-0.4, -0.2) is 10.5 Å². The van der Waals surface area contributed by atoms with Crippen molar-refractivity contribution in [2.75, 3.05) is 0 Å². The first kappa shape index (κ1) is 10.7. The van der Waals surface area contributed by atoms with Crippen LogP contribution in [0, 0.1) is 0 Å². The number of hydrogen-bond donors (Lipinski definition) is 1. The summed E-state index contributed by atoms with van der Waals surface area (Å²) in [6.45, 7) is 4.08. The molecule has 0 fully saturated rings. The summed E-state index contributed by atoms with van der Waals surface area (Å²) in [5.74, 6) is 0. The van der Waals surface area contributed by atoms with Crippen molar-refractivity contribution in [2.24, 2.45) is 5.73 Å². The molecule has 0 aliphatic rings. The Morgan fingerprint density at radius 1 is 1.46 bits per heavy atom. The molecule has 0 saturated carbocycles. The van der Waals surface area contributed by atoms with Crippen LogP contribution >= 0.6 is 15.9 Å². The maximum atomic E-state index is 5.89. The maximum Gasteiger partial charge on any atom is 0.0410 e. The van der Waals surface area contributed by atoms with Crippen molar-refractivity contribution in [3.63, 3.8) is 0 Å². The fourth-order valence-electron chi connectivity index (χ4n) is 1.06. The van der Waals surface area contributed by atoms with Crippen LogP contribution < -0.4 is 5.73 Å². The van der Waals surface area contributed by atoms with Gasteiger partial charge in [0.1, 0.15) is 0 Å². The zero-order chi connectivity index (χ0) is 9.90. The van der Waals surface area contributed by atoms with E-state index in [0.29, 0.717) is 0 Å². The van der Waals surface area contributed by atoms with Crippen molar-refractivity contribution < 1.29 is 0 Å². The standard InChI is InChI=1S/C10H15BrN2/c1-10(2,12)4-3-8-5-9(11)7-13-6-8/h5-7H,3-4,12H2,1-2H3. The van der Waals surface area contributed by atoms with Gasteiger partial charge in [-0.25, -0.2) is 0 Å². The van der Waals surface area contributed by atoms with E-state index in [0.717, 1.165) is 17.3 Å². The van der Waals surface area contributed by atoms with Gasteiger partial charge in [0.2, 0.25) is 0 Å². The lowest BCUT2D eigenvalue weighted by molar-refractivity contribution is 0.476. The summed E-state index contributed by atoms with van der Waals surface area (Å²) < 4.78 is 1.03. The van der Waals surface area contributed by atoms with Gasteiger partial charge in [-0.15, -0.1) is 0 Å². The van der Waals surface area contributed by atoms with E-state index in [1.165, 1.54) is 5.56 Å². The number of halogens is 1. The molecule has 0 atom stereocenters. The van der Waals surface area contributed by atoms with Crippen LogP contribution in [-0.2, 0) is 6.42 Å². The number of hydrogen-bond acceptors (Lipinski definition) is 2. The molecule has 2 N–H and O–H groups in total. The first-order chi connectivity index (χ1) is 5.97. The lowest BCUT2D eigenvalue weighted by atomic mass is 9.97. The van der Waals surface area contributed by atoms with Gasteiger partial charge in [0.15, 0.2) is 0 Å². The third kappa shape index (κ3) is 4.39. The predicted octanol–water partition coefficient (Wildman–Crippen LogP) is 2.51. The Labute approximate surface area is 87.7 Å². The van der Waals surface area contributed by atoms with Gasteiger partial charge in [0.05, 0.1) is 0 Å². The number of aromatic nitrogens is 1. The highest BCUT2D eigenvalue weighted by molar-refractivity contribution is 9.10. The summed E-state index contributed by atoms with van der Waals surface area (Å²) in [7, 11) is 0. The molecule has 0 unspecified atom stereocenters. The Morgan fingerprint density at radius 3 is 2.69 bits per heavy atom. The molecule has 1 heterocycles. The van der Waals surface area contributed by atoms with Gasteiger partial charge in [-0.2, -0.15) is 0 Å². The largest absolute Gasteiger partial charge is 0.326 e. The van der Waals surface area contributed by atoms with E-state index >= 15 is 0 Å². The van der Waals surface area contributed by atoms with E-state index < -0.39 is 0 Å². The number of nitrogens with zero attached hydrogens (tertiary/aromatic N) is 1. The quantitative estimate of drug-likeness (QED) is 0.885. The highest BCUT2D eigenvalue weighted by Crippen LogP contribution is 2.14. The van der Waals surface area contributed by atoms with Crippen molar-refractivity contribution in [3.05, 3.63) is 28.5 Å². The third-order valence-corrected chi connectivity index (χ3v) is 2.25. The Hall–Kier alpha value is -0.410. The minimum atomic E-state index is -0.0949. The molecule has 2 nitrogen and oxygen atoms in total. The highest BCUT2D eigenvalue weighted by Gasteiger charge is 2.10. The molecular weight excluding hydrogens is 228 g/mol.